The Kier molecular flexibility index (Phi) is 3.35. The molecule has 0 spiro atoms. The fourth-order valence-electron chi connectivity index (χ4n) is 1.14. The van der Waals surface area contributed by atoms with Crippen molar-refractivity contribution in [1.29, 1.82) is 0 Å². The minimum Gasteiger partial charge on any atom is -0.327 e. The minimum absolute atomic E-state index is 0.0599. The van der Waals surface area contributed by atoms with Crippen molar-refractivity contribution in [1.82, 2.24) is 0 Å². The lowest BCUT2D eigenvalue weighted by Gasteiger charge is -2.29. The van der Waals surface area contributed by atoms with Gasteiger partial charge in [-0.3, -0.25) is 0 Å². The van der Waals surface area contributed by atoms with Gasteiger partial charge in [-0.25, -0.2) is 0 Å². The molecule has 1 atom stereocenters. The number of hydrogen-bond donors (Lipinski definition) is 1. The number of rotatable bonds is 2. The van der Waals surface area contributed by atoms with E-state index in [4.69, 9.17) is 5.73 Å². The highest BCUT2D eigenvalue weighted by Gasteiger charge is 2.24. The average molecular weight is 289 g/mol. The Balaban J connectivity index is 3.01. The van der Waals surface area contributed by atoms with Crippen LogP contribution in [0.1, 0.15) is 26.3 Å². The maximum atomic E-state index is 5.94. The first kappa shape index (κ1) is 11.0. The lowest BCUT2D eigenvalue weighted by molar-refractivity contribution is 0.434. The Morgan fingerprint density at radius 2 is 1.69 bits per heavy atom. The van der Waals surface area contributed by atoms with Crippen LogP contribution >= 0.6 is 22.6 Å². The van der Waals surface area contributed by atoms with Crippen LogP contribution in [0.3, 0.4) is 0 Å². The molecule has 1 aromatic rings. The monoisotopic (exact) mass is 289 g/mol. The Bertz CT molecular complexity index is 275. The zero-order chi connectivity index (χ0) is 10.1. The predicted molar refractivity (Wildman–Crippen MR) is 65.8 cm³/mol. The molecule has 2 N–H and O–H groups in total. The van der Waals surface area contributed by atoms with Crippen molar-refractivity contribution in [2.45, 2.75) is 32.2 Å². The van der Waals surface area contributed by atoms with Crippen LogP contribution in [0.15, 0.2) is 24.3 Å². The van der Waals surface area contributed by atoms with Crippen molar-refractivity contribution in [3.05, 3.63) is 33.4 Å². The summed E-state index contributed by atoms with van der Waals surface area (Å²) in [6.07, 6.45) is 0. The van der Waals surface area contributed by atoms with Crippen molar-refractivity contribution >= 4 is 22.6 Å². The molecule has 0 aliphatic carbocycles. The van der Waals surface area contributed by atoms with Crippen LogP contribution in [0.4, 0.5) is 0 Å². The molecule has 1 unspecified atom stereocenters. The molecule has 2 heteroatoms. The first-order valence-corrected chi connectivity index (χ1v) is 5.54. The van der Waals surface area contributed by atoms with E-state index in [1.165, 1.54) is 9.13 Å². The Hall–Kier alpha value is -0.0900. The van der Waals surface area contributed by atoms with Gasteiger partial charge >= 0.3 is 0 Å². The van der Waals surface area contributed by atoms with Crippen LogP contribution < -0.4 is 5.73 Å². The van der Waals surface area contributed by atoms with Crippen LogP contribution in [-0.2, 0) is 5.41 Å². The van der Waals surface area contributed by atoms with E-state index >= 15 is 0 Å². The summed E-state index contributed by atoms with van der Waals surface area (Å²) in [6.45, 7) is 6.41. The highest BCUT2D eigenvalue weighted by Crippen LogP contribution is 2.26. The van der Waals surface area contributed by atoms with Gasteiger partial charge in [0.05, 0.1) is 0 Å². The van der Waals surface area contributed by atoms with Gasteiger partial charge in [-0.15, -0.1) is 0 Å². The van der Waals surface area contributed by atoms with Crippen LogP contribution in [0.5, 0.6) is 0 Å². The second-order valence-corrected chi connectivity index (χ2v) is 5.26. The van der Waals surface area contributed by atoms with Gasteiger partial charge in [-0.2, -0.15) is 0 Å². The third-order valence-corrected chi connectivity index (χ3v) is 3.45. The molecule has 0 bridgehead atoms. The molecule has 0 saturated heterocycles. The molecule has 0 saturated carbocycles. The van der Waals surface area contributed by atoms with Crippen LogP contribution in [-0.4, -0.2) is 6.04 Å². The van der Waals surface area contributed by atoms with Crippen molar-refractivity contribution < 1.29 is 0 Å². The third-order valence-electron chi connectivity index (χ3n) is 2.73. The van der Waals surface area contributed by atoms with Crippen molar-refractivity contribution in [3.8, 4) is 0 Å². The first-order chi connectivity index (χ1) is 5.94. The van der Waals surface area contributed by atoms with Gasteiger partial charge in [0.25, 0.3) is 0 Å². The summed E-state index contributed by atoms with van der Waals surface area (Å²) in [4.78, 5) is 0. The van der Waals surface area contributed by atoms with Gasteiger partial charge in [0.2, 0.25) is 0 Å². The van der Waals surface area contributed by atoms with Gasteiger partial charge in [-0.05, 0) is 47.2 Å². The summed E-state index contributed by atoms with van der Waals surface area (Å²) in [7, 11) is 0. The van der Waals surface area contributed by atoms with E-state index < -0.39 is 0 Å². The Morgan fingerprint density at radius 3 is 2.08 bits per heavy atom. The largest absolute Gasteiger partial charge is 0.327 e. The van der Waals surface area contributed by atoms with Gasteiger partial charge in [0, 0.05) is 15.0 Å². The molecular weight excluding hydrogens is 273 g/mol. The second kappa shape index (κ2) is 3.96. The second-order valence-electron chi connectivity index (χ2n) is 4.02. The summed E-state index contributed by atoms with van der Waals surface area (Å²) < 4.78 is 1.27. The van der Waals surface area contributed by atoms with E-state index in [2.05, 4.69) is 67.6 Å². The van der Waals surface area contributed by atoms with E-state index in [-0.39, 0.29) is 11.5 Å². The molecule has 1 aromatic carbocycles. The summed E-state index contributed by atoms with van der Waals surface area (Å²) in [6, 6.07) is 8.74. The summed E-state index contributed by atoms with van der Waals surface area (Å²) in [5.41, 5.74) is 7.31. The summed E-state index contributed by atoms with van der Waals surface area (Å²) in [5.74, 6) is 0. The highest BCUT2D eigenvalue weighted by atomic mass is 127. The van der Waals surface area contributed by atoms with E-state index in [0.717, 1.165) is 0 Å². The smallest absolute Gasteiger partial charge is 0.0130 e. The molecule has 72 valence electrons. The van der Waals surface area contributed by atoms with Crippen LogP contribution in [0.2, 0.25) is 0 Å². The minimum atomic E-state index is 0.0599. The normalized spacial score (nSPS) is 14.2. The SMILES string of the molecule is CC(N)C(C)(C)c1ccc(I)cc1. The first-order valence-electron chi connectivity index (χ1n) is 4.46. The maximum Gasteiger partial charge on any atom is 0.0130 e. The van der Waals surface area contributed by atoms with E-state index in [9.17, 15) is 0 Å². The quantitative estimate of drug-likeness (QED) is 0.832. The molecule has 0 radical (unpaired) electrons. The fourth-order valence-corrected chi connectivity index (χ4v) is 1.50. The Morgan fingerprint density at radius 1 is 1.23 bits per heavy atom. The van der Waals surface area contributed by atoms with E-state index in [1.807, 2.05) is 0 Å². The molecular formula is C11H16IN. The standard InChI is InChI=1S/C11H16IN/c1-8(13)11(2,3)9-4-6-10(12)7-5-9/h4-8H,13H2,1-3H3. The third kappa shape index (κ3) is 2.44. The van der Waals surface area contributed by atoms with Gasteiger partial charge in [0.15, 0.2) is 0 Å². The van der Waals surface area contributed by atoms with Gasteiger partial charge in [0.1, 0.15) is 0 Å². The zero-order valence-corrected chi connectivity index (χ0v) is 10.5. The molecule has 0 aromatic heterocycles. The lowest BCUT2D eigenvalue weighted by atomic mass is 9.79. The maximum absolute atomic E-state index is 5.94. The molecule has 13 heavy (non-hydrogen) atoms. The van der Waals surface area contributed by atoms with E-state index in [0.29, 0.717) is 0 Å². The molecule has 0 heterocycles. The molecule has 0 aliphatic rings. The molecule has 0 amide bonds. The zero-order valence-electron chi connectivity index (χ0n) is 8.34. The van der Waals surface area contributed by atoms with Crippen LogP contribution in [0, 0.1) is 3.57 Å². The van der Waals surface area contributed by atoms with Crippen molar-refractivity contribution in [2.24, 2.45) is 5.73 Å². The number of halogens is 1. The summed E-state index contributed by atoms with van der Waals surface area (Å²) >= 11 is 2.31. The summed E-state index contributed by atoms with van der Waals surface area (Å²) in [5, 5.41) is 0. The fraction of sp³-hybridized carbons (Fsp3) is 0.455. The lowest BCUT2D eigenvalue weighted by Crippen LogP contribution is -2.38. The molecule has 1 nitrogen and oxygen atoms in total. The van der Waals surface area contributed by atoms with Gasteiger partial charge in [-0.1, -0.05) is 26.0 Å². The highest BCUT2D eigenvalue weighted by molar-refractivity contribution is 14.1. The molecule has 0 fully saturated rings. The van der Waals surface area contributed by atoms with Gasteiger partial charge < -0.3 is 5.73 Å². The Labute approximate surface area is 93.9 Å². The topological polar surface area (TPSA) is 26.0 Å². The molecule has 1 rings (SSSR count). The average Bonchev–Trinajstić information content (AvgIpc) is 2.04. The molecule has 0 aliphatic heterocycles. The van der Waals surface area contributed by atoms with Crippen LogP contribution in [0.25, 0.3) is 0 Å². The predicted octanol–water partition coefficient (Wildman–Crippen LogP) is 2.92. The van der Waals surface area contributed by atoms with Crippen molar-refractivity contribution in [2.75, 3.05) is 0 Å². The number of nitrogens with two attached hydrogens (primary N) is 1. The number of benzene rings is 1. The van der Waals surface area contributed by atoms with Crippen molar-refractivity contribution in [3.63, 3.8) is 0 Å². The number of hydrogen-bond acceptors (Lipinski definition) is 1. The van der Waals surface area contributed by atoms with E-state index in [1.54, 1.807) is 0 Å².